The lowest BCUT2D eigenvalue weighted by atomic mass is 10.3. The van der Waals surface area contributed by atoms with Crippen LogP contribution in [0.1, 0.15) is 13.3 Å². The second kappa shape index (κ2) is 9.40. The molecule has 14 heavy (non-hydrogen) atoms. The van der Waals surface area contributed by atoms with E-state index in [1.807, 2.05) is 0 Å². The van der Waals surface area contributed by atoms with E-state index in [4.69, 9.17) is 15.2 Å². The summed E-state index contributed by atoms with van der Waals surface area (Å²) >= 11 is 0. The number of hydrogen-bond donors (Lipinski definition) is 1. The maximum atomic E-state index is 5.48. The summed E-state index contributed by atoms with van der Waals surface area (Å²) in [5.74, 6) is 0. The summed E-state index contributed by atoms with van der Waals surface area (Å²) in [6, 6.07) is 0. The zero-order chi connectivity index (χ0) is 10.8. The van der Waals surface area contributed by atoms with Crippen LogP contribution in [0.4, 0.5) is 0 Å². The van der Waals surface area contributed by atoms with Gasteiger partial charge in [-0.2, -0.15) is 0 Å². The highest BCUT2D eigenvalue weighted by atomic mass is 16.5. The molecule has 0 bridgehead atoms. The van der Waals surface area contributed by atoms with E-state index in [0.717, 1.165) is 39.2 Å². The molecule has 0 aromatic rings. The highest BCUT2D eigenvalue weighted by molar-refractivity contribution is 4.62. The fourth-order valence-electron chi connectivity index (χ4n) is 1.27. The normalized spacial score (nSPS) is 13.5. The third-order valence-electron chi connectivity index (χ3n) is 2.21. The third-order valence-corrected chi connectivity index (χ3v) is 2.21. The second-order valence-electron chi connectivity index (χ2n) is 3.48. The highest BCUT2D eigenvalue weighted by Crippen LogP contribution is 1.97. The molecular formula is C10H24N2O2. The molecule has 0 amide bonds. The lowest BCUT2D eigenvalue weighted by molar-refractivity contribution is 0.0642. The van der Waals surface area contributed by atoms with Crippen LogP contribution < -0.4 is 5.73 Å². The third kappa shape index (κ3) is 7.26. The van der Waals surface area contributed by atoms with Crippen LogP contribution >= 0.6 is 0 Å². The first-order chi connectivity index (χ1) is 6.74. The Kier molecular flexibility index (Phi) is 9.29. The summed E-state index contributed by atoms with van der Waals surface area (Å²) in [6.07, 6.45) is 1.30. The smallest absolute Gasteiger partial charge is 0.0670 e. The van der Waals surface area contributed by atoms with Crippen molar-refractivity contribution in [3.8, 4) is 0 Å². The molecule has 0 aliphatic heterocycles. The van der Waals surface area contributed by atoms with Crippen molar-refractivity contribution in [2.45, 2.75) is 19.4 Å². The highest BCUT2D eigenvalue weighted by Gasteiger charge is 2.08. The average molecular weight is 204 g/mol. The zero-order valence-corrected chi connectivity index (χ0v) is 9.66. The molecular weight excluding hydrogens is 180 g/mol. The van der Waals surface area contributed by atoms with E-state index in [9.17, 15) is 0 Å². The molecule has 4 heteroatoms. The zero-order valence-electron chi connectivity index (χ0n) is 9.66. The first kappa shape index (κ1) is 13.8. The fraction of sp³-hybridized carbons (Fsp3) is 1.00. The van der Waals surface area contributed by atoms with Gasteiger partial charge < -0.3 is 15.2 Å². The molecule has 0 saturated heterocycles. The predicted octanol–water partition coefficient (Wildman–Crippen LogP) is 0.319. The predicted molar refractivity (Wildman–Crippen MR) is 58.5 cm³/mol. The topological polar surface area (TPSA) is 47.7 Å². The first-order valence-corrected chi connectivity index (χ1v) is 5.18. The van der Waals surface area contributed by atoms with E-state index in [0.29, 0.717) is 0 Å². The summed E-state index contributed by atoms with van der Waals surface area (Å²) in [7, 11) is 3.46. The average Bonchev–Trinajstić information content (AvgIpc) is 2.21. The van der Waals surface area contributed by atoms with Crippen molar-refractivity contribution in [3.05, 3.63) is 0 Å². The van der Waals surface area contributed by atoms with Gasteiger partial charge in [0.2, 0.25) is 0 Å². The van der Waals surface area contributed by atoms with Crippen LogP contribution in [0, 0.1) is 0 Å². The van der Waals surface area contributed by atoms with Crippen molar-refractivity contribution in [1.29, 1.82) is 0 Å². The summed E-state index contributed by atoms with van der Waals surface area (Å²) in [5, 5.41) is 0. The number of hydrogen-bond acceptors (Lipinski definition) is 4. The van der Waals surface area contributed by atoms with Crippen LogP contribution in [0.15, 0.2) is 0 Å². The van der Waals surface area contributed by atoms with Gasteiger partial charge in [-0.05, 0) is 26.4 Å². The van der Waals surface area contributed by atoms with Crippen molar-refractivity contribution in [2.75, 3.05) is 47.0 Å². The molecule has 0 rings (SSSR count). The number of nitrogens with zero attached hydrogens (tertiary/aromatic N) is 1. The van der Waals surface area contributed by atoms with Crippen molar-refractivity contribution in [2.24, 2.45) is 5.73 Å². The fourth-order valence-corrected chi connectivity index (χ4v) is 1.27. The molecule has 0 saturated carbocycles. The molecule has 86 valence electrons. The minimum absolute atomic E-state index is 0.268. The van der Waals surface area contributed by atoms with Gasteiger partial charge in [0.05, 0.1) is 12.7 Å². The van der Waals surface area contributed by atoms with Gasteiger partial charge in [0, 0.05) is 27.3 Å². The van der Waals surface area contributed by atoms with E-state index >= 15 is 0 Å². The lowest BCUT2D eigenvalue weighted by Crippen LogP contribution is -2.36. The van der Waals surface area contributed by atoms with Crippen LogP contribution in [0.25, 0.3) is 0 Å². The van der Waals surface area contributed by atoms with E-state index < -0.39 is 0 Å². The monoisotopic (exact) mass is 204 g/mol. The minimum atomic E-state index is 0.268. The Balaban J connectivity index is 3.71. The Morgan fingerprint density at radius 1 is 1.29 bits per heavy atom. The lowest BCUT2D eigenvalue weighted by Gasteiger charge is -2.24. The van der Waals surface area contributed by atoms with Crippen LogP contribution in [0.3, 0.4) is 0 Å². The quantitative estimate of drug-likeness (QED) is 0.587. The van der Waals surface area contributed by atoms with E-state index in [1.165, 1.54) is 0 Å². The van der Waals surface area contributed by atoms with Gasteiger partial charge in [0.1, 0.15) is 0 Å². The number of methoxy groups -OCH3 is 2. The molecule has 0 heterocycles. The molecule has 1 atom stereocenters. The van der Waals surface area contributed by atoms with Crippen molar-refractivity contribution >= 4 is 0 Å². The molecule has 0 aliphatic carbocycles. The maximum absolute atomic E-state index is 5.48. The van der Waals surface area contributed by atoms with Gasteiger partial charge in [-0.1, -0.05) is 0 Å². The van der Waals surface area contributed by atoms with Crippen molar-refractivity contribution in [1.82, 2.24) is 4.90 Å². The SMILES string of the molecule is COCCN(CCCN)CC(C)OC. The Labute approximate surface area is 87.4 Å². The van der Waals surface area contributed by atoms with Gasteiger partial charge in [-0.15, -0.1) is 0 Å². The van der Waals surface area contributed by atoms with Crippen LogP contribution in [0.2, 0.25) is 0 Å². The van der Waals surface area contributed by atoms with Crippen molar-refractivity contribution < 1.29 is 9.47 Å². The summed E-state index contributed by atoms with van der Waals surface area (Å²) in [4.78, 5) is 2.32. The summed E-state index contributed by atoms with van der Waals surface area (Å²) in [5.41, 5.74) is 5.48. The molecule has 4 nitrogen and oxygen atoms in total. The molecule has 1 unspecified atom stereocenters. The molecule has 0 aromatic heterocycles. The Morgan fingerprint density at radius 3 is 2.50 bits per heavy atom. The number of nitrogens with two attached hydrogens (primary N) is 1. The maximum Gasteiger partial charge on any atom is 0.0670 e. The summed E-state index contributed by atoms with van der Waals surface area (Å²) in [6.45, 7) is 6.49. The van der Waals surface area contributed by atoms with Crippen molar-refractivity contribution in [3.63, 3.8) is 0 Å². The Morgan fingerprint density at radius 2 is 2.00 bits per heavy atom. The number of rotatable bonds is 9. The van der Waals surface area contributed by atoms with Crippen LogP contribution in [-0.4, -0.2) is 58.0 Å². The molecule has 2 N–H and O–H groups in total. The minimum Gasteiger partial charge on any atom is -0.383 e. The molecule has 0 fully saturated rings. The summed E-state index contributed by atoms with van der Waals surface area (Å²) < 4.78 is 10.3. The van der Waals surface area contributed by atoms with E-state index in [1.54, 1.807) is 14.2 Å². The first-order valence-electron chi connectivity index (χ1n) is 5.18. The van der Waals surface area contributed by atoms with E-state index in [-0.39, 0.29) is 6.10 Å². The van der Waals surface area contributed by atoms with Gasteiger partial charge in [0.15, 0.2) is 0 Å². The standard InChI is InChI=1S/C10H24N2O2/c1-10(14-3)9-12(6-4-5-11)7-8-13-2/h10H,4-9,11H2,1-3H3. The Bertz CT molecular complexity index is 115. The van der Waals surface area contributed by atoms with E-state index in [2.05, 4.69) is 11.8 Å². The Hall–Kier alpha value is -0.160. The largest absolute Gasteiger partial charge is 0.383 e. The van der Waals surface area contributed by atoms with Crippen LogP contribution in [0.5, 0.6) is 0 Å². The van der Waals surface area contributed by atoms with Gasteiger partial charge in [-0.25, -0.2) is 0 Å². The molecule has 0 spiro atoms. The van der Waals surface area contributed by atoms with Gasteiger partial charge in [0.25, 0.3) is 0 Å². The number of ether oxygens (including phenoxy) is 2. The van der Waals surface area contributed by atoms with Gasteiger partial charge >= 0.3 is 0 Å². The molecule has 0 aliphatic rings. The molecule has 0 aromatic carbocycles. The van der Waals surface area contributed by atoms with Gasteiger partial charge in [-0.3, -0.25) is 4.90 Å². The second-order valence-corrected chi connectivity index (χ2v) is 3.48. The molecule has 0 radical (unpaired) electrons. The van der Waals surface area contributed by atoms with Crippen LogP contribution in [-0.2, 0) is 9.47 Å².